The number of ether oxygens (including phenoxy) is 2. The third-order valence-electron chi connectivity index (χ3n) is 4.08. The molecule has 0 radical (unpaired) electrons. The van der Waals surface area contributed by atoms with Crippen molar-refractivity contribution in [3.8, 4) is 11.5 Å². The van der Waals surface area contributed by atoms with Gasteiger partial charge in [0.1, 0.15) is 0 Å². The molecule has 0 fully saturated rings. The summed E-state index contributed by atoms with van der Waals surface area (Å²) >= 11 is 0. The zero-order valence-corrected chi connectivity index (χ0v) is 18.8. The van der Waals surface area contributed by atoms with Crippen LogP contribution in [0.1, 0.15) is 20.8 Å². The predicted molar refractivity (Wildman–Crippen MR) is 118 cm³/mol. The highest BCUT2D eigenvalue weighted by atomic mass is 32.2. The van der Waals surface area contributed by atoms with Crippen LogP contribution in [0, 0.1) is 0 Å². The highest BCUT2D eigenvalue weighted by Gasteiger charge is 2.23. The first-order chi connectivity index (χ1) is 14.7. The molecule has 168 valence electrons. The summed E-state index contributed by atoms with van der Waals surface area (Å²) in [5, 5.41) is 5.23. The summed E-state index contributed by atoms with van der Waals surface area (Å²) < 4.78 is 37.4. The van der Waals surface area contributed by atoms with Gasteiger partial charge in [-0.3, -0.25) is 9.59 Å². The standard InChI is InChI=1S/C21H27N3O6S/c1-5-29-19-12-9-17(13-20(19)30-6-2)23-21(26)14-24(4)31(27,28)18-10-7-16(8-11-18)22-15(3)25/h7-13H,5-6,14H2,1-4H3,(H,22,25)(H,23,26). The molecule has 31 heavy (non-hydrogen) atoms. The van der Waals surface area contributed by atoms with E-state index in [-0.39, 0.29) is 17.3 Å². The van der Waals surface area contributed by atoms with Crippen molar-refractivity contribution in [2.45, 2.75) is 25.7 Å². The van der Waals surface area contributed by atoms with Crippen LogP contribution in [0.5, 0.6) is 11.5 Å². The predicted octanol–water partition coefficient (Wildman–Crippen LogP) is 2.70. The molecule has 2 aromatic rings. The third kappa shape index (κ3) is 6.69. The van der Waals surface area contributed by atoms with Gasteiger partial charge in [-0.05, 0) is 50.2 Å². The fourth-order valence-electron chi connectivity index (χ4n) is 2.71. The van der Waals surface area contributed by atoms with Crippen LogP contribution in [0.3, 0.4) is 0 Å². The number of sulfonamides is 1. The maximum absolute atomic E-state index is 12.7. The minimum absolute atomic E-state index is 0.0107. The molecule has 0 heterocycles. The van der Waals surface area contributed by atoms with Gasteiger partial charge in [-0.15, -0.1) is 0 Å². The van der Waals surface area contributed by atoms with Crippen LogP contribution in [0.4, 0.5) is 11.4 Å². The Kier molecular flexibility index (Phi) is 8.40. The maximum atomic E-state index is 12.7. The van der Waals surface area contributed by atoms with Gasteiger partial charge in [-0.25, -0.2) is 8.42 Å². The van der Waals surface area contributed by atoms with E-state index in [0.717, 1.165) is 4.31 Å². The normalized spacial score (nSPS) is 11.1. The van der Waals surface area contributed by atoms with Gasteiger partial charge in [-0.2, -0.15) is 4.31 Å². The molecule has 2 N–H and O–H groups in total. The van der Waals surface area contributed by atoms with Gasteiger partial charge in [0.2, 0.25) is 21.8 Å². The molecule has 0 aliphatic rings. The number of benzene rings is 2. The molecule has 9 nitrogen and oxygen atoms in total. The first-order valence-corrected chi connectivity index (χ1v) is 11.1. The lowest BCUT2D eigenvalue weighted by Gasteiger charge is -2.18. The number of carbonyl (C=O) groups excluding carboxylic acids is 2. The van der Waals surface area contributed by atoms with Crippen molar-refractivity contribution in [3.05, 3.63) is 42.5 Å². The fourth-order valence-corrected chi connectivity index (χ4v) is 3.84. The average Bonchev–Trinajstić information content (AvgIpc) is 2.70. The van der Waals surface area contributed by atoms with E-state index < -0.39 is 15.9 Å². The number of nitrogens with one attached hydrogen (secondary N) is 2. The van der Waals surface area contributed by atoms with E-state index in [1.807, 2.05) is 13.8 Å². The van der Waals surface area contributed by atoms with Crippen molar-refractivity contribution in [1.29, 1.82) is 0 Å². The first-order valence-electron chi connectivity index (χ1n) is 9.70. The van der Waals surface area contributed by atoms with Crippen molar-refractivity contribution in [1.82, 2.24) is 4.31 Å². The second-order valence-corrected chi connectivity index (χ2v) is 8.59. The summed E-state index contributed by atoms with van der Waals surface area (Å²) in [6, 6.07) is 10.7. The number of anilines is 2. The average molecular weight is 450 g/mol. The van der Waals surface area contributed by atoms with Crippen molar-refractivity contribution in [3.63, 3.8) is 0 Å². The van der Waals surface area contributed by atoms with Gasteiger partial charge in [0, 0.05) is 31.4 Å². The van der Waals surface area contributed by atoms with E-state index in [4.69, 9.17) is 9.47 Å². The van der Waals surface area contributed by atoms with Crippen LogP contribution in [-0.4, -0.2) is 51.3 Å². The summed E-state index contributed by atoms with van der Waals surface area (Å²) in [4.78, 5) is 23.5. The number of hydrogen-bond donors (Lipinski definition) is 2. The number of likely N-dealkylation sites (N-methyl/N-ethyl adjacent to an activating group) is 1. The Morgan fingerprint density at radius 3 is 2.06 bits per heavy atom. The minimum Gasteiger partial charge on any atom is -0.490 e. The van der Waals surface area contributed by atoms with Crippen LogP contribution < -0.4 is 20.1 Å². The molecular weight excluding hydrogens is 422 g/mol. The van der Waals surface area contributed by atoms with Crippen molar-refractivity contribution < 1.29 is 27.5 Å². The Balaban J connectivity index is 2.07. The molecule has 2 aromatic carbocycles. The van der Waals surface area contributed by atoms with Crippen LogP contribution in [0.2, 0.25) is 0 Å². The van der Waals surface area contributed by atoms with Crippen molar-refractivity contribution >= 4 is 33.2 Å². The van der Waals surface area contributed by atoms with E-state index >= 15 is 0 Å². The van der Waals surface area contributed by atoms with Crippen LogP contribution in [0.15, 0.2) is 47.4 Å². The van der Waals surface area contributed by atoms with Crippen LogP contribution >= 0.6 is 0 Å². The number of nitrogens with zero attached hydrogens (tertiary/aromatic N) is 1. The first kappa shape index (κ1) is 24.2. The highest BCUT2D eigenvalue weighted by Crippen LogP contribution is 2.30. The molecule has 2 amide bonds. The molecule has 0 aliphatic carbocycles. The lowest BCUT2D eigenvalue weighted by atomic mass is 10.2. The molecule has 0 saturated heterocycles. The van der Waals surface area contributed by atoms with Gasteiger partial charge in [0.15, 0.2) is 11.5 Å². The Morgan fingerprint density at radius 2 is 1.48 bits per heavy atom. The number of amides is 2. The summed E-state index contributed by atoms with van der Waals surface area (Å²) in [5.41, 5.74) is 0.940. The quantitative estimate of drug-likeness (QED) is 0.576. The van der Waals surface area contributed by atoms with Crippen molar-refractivity contribution in [2.24, 2.45) is 0 Å². The second-order valence-electron chi connectivity index (χ2n) is 6.54. The second kappa shape index (κ2) is 10.8. The Hall–Kier alpha value is -3.11. The van der Waals surface area contributed by atoms with Crippen LogP contribution in [-0.2, 0) is 19.6 Å². The molecule has 0 bridgehead atoms. The maximum Gasteiger partial charge on any atom is 0.243 e. The molecule has 0 aromatic heterocycles. The minimum atomic E-state index is -3.89. The van der Waals surface area contributed by atoms with Gasteiger partial charge >= 0.3 is 0 Å². The molecule has 0 saturated carbocycles. The largest absolute Gasteiger partial charge is 0.490 e. The summed E-state index contributed by atoms with van der Waals surface area (Å²) in [6.07, 6.45) is 0. The molecular formula is C21H27N3O6S. The fraction of sp³-hybridized carbons (Fsp3) is 0.333. The van der Waals surface area contributed by atoms with E-state index in [1.165, 1.54) is 38.2 Å². The smallest absolute Gasteiger partial charge is 0.243 e. The number of rotatable bonds is 10. The van der Waals surface area contributed by atoms with Gasteiger partial charge in [-0.1, -0.05) is 0 Å². The molecule has 0 atom stereocenters. The third-order valence-corrected chi connectivity index (χ3v) is 5.89. The topological polar surface area (TPSA) is 114 Å². The molecule has 0 aliphatic heterocycles. The lowest BCUT2D eigenvalue weighted by Crippen LogP contribution is -2.35. The highest BCUT2D eigenvalue weighted by molar-refractivity contribution is 7.89. The Labute approximate surface area is 182 Å². The Bertz CT molecular complexity index is 1020. The van der Waals surface area contributed by atoms with Gasteiger partial charge < -0.3 is 20.1 Å². The summed E-state index contributed by atoms with van der Waals surface area (Å²) in [5.74, 6) is 0.283. The van der Waals surface area contributed by atoms with E-state index in [2.05, 4.69) is 10.6 Å². The number of carbonyl (C=O) groups is 2. The zero-order chi connectivity index (χ0) is 23.0. The van der Waals surface area contributed by atoms with E-state index in [0.29, 0.717) is 36.1 Å². The van der Waals surface area contributed by atoms with Gasteiger partial charge in [0.05, 0.1) is 24.7 Å². The summed E-state index contributed by atoms with van der Waals surface area (Å²) in [6.45, 7) is 5.57. The molecule has 0 unspecified atom stereocenters. The SMILES string of the molecule is CCOc1ccc(NC(=O)CN(C)S(=O)(=O)c2ccc(NC(C)=O)cc2)cc1OCC. The van der Waals surface area contributed by atoms with Gasteiger partial charge in [0.25, 0.3) is 0 Å². The van der Waals surface area contributed by atoms with Crippen LogP contribution in [0.25, 0.3) is 0 Å². The van der Waals surface area contributed by atoms with Crippen molar-refractivity contribution in [2.75, 3.05) is 37.4 Å². The molecule has 2 rings (SSSR count). The molecule has 10 heteroatoms. The zero-order valence-electron chi connectivity index (χ0n) is 18.0. The molecule has 0 spiro atoms. The Morgan fingerprint density at radius 1 is 0.903 bits per heavy atom. The lowest BCUT2D eigenvalue weighted by molar-refractivity contribution is -0.116. The van der Waals surface area contributed by atoms with E-state index in [9.17, 15) is 18.0 Å². The summed E-state index contributed by atoms with van der Waals surface area (Å²) in [7, 11) is -2.57. The van der Waals surface area contributed by atoms with E-state index in [1.54, 1.807) is 18.2 Å². The number of hydrogen-bond acceptors (Lipinski definition) is 6. The monoisotopic (exact) mass is 449 g/mol.